The van der Waals surface area contributed by atoms with E-state index in [2.05, 4.69) is 10.4 Å². The summed E-state index contributed by atoms with van der Waals surface area (Å²) in [5.74, 6) is -3.18. The summed E-state index contributed by atoms with van der Waals surface area (Å²) < 4.78 is 42.3. The normalized spacial score (nSPS) is 15.8. The Morgan fingerprint density at radius 2 is 2.11 bits per heavy atom. The van der Waals surface area contributed by atoms with Crippen LogP contribution in [0.5, 0.6) is 5.75 Å². The summed E-state index contributed by atoms with van der Waals surface area (Å²) in [4.78, 5) is 25.4. The molecule has 0 radical (unpaired) electrons. The van der Waals surface area contributed by atoms with Crippen molar-refractivity contribution in [1.29, 1.82) is 0 Å². The number of anilines is 1. The lowest BCUT2D eigenvalue weighted by atomic mass is 10.1. The maximum atomic E-state index is 15.0. The Morgan fingerprint density at radius 3 is 2.80 bits per heavy atom. The number of rotatable bonds is 7. The number of phenols is 1. The first-order valence-electron chi connectivity index (χ1n) is 11.0. The molecule has 4 rings (SSSR count). The SMILES string of the molecule is CCn1c(COC2CCCCO2)nn(-c2cc(O)c(C(=O)Nc3c(F)cccc3Cl)cc2F)c1=O. The van der Waals surface area contributed by atoms with Gasteiger partial charge in [-0.3, -0.25) is 9.36 Å². The van der Waals surface area contributed by atoms with Gasteiger partial charge in [-0.15, -0.1) is 5.10 Å². The third-order valence-corrected chi connectivity index (χ3v) is 5.85. The second-order valence-electron chi connectivity index (χ2n) is 7.83. The number of para-hydroxylation sites is 1. The summed E-state index contributed by atoms with van der Waals surface area (Å²) in [5.41, 5.74) is -1.81. The zero-order valence-corrected chi connectivity index (χ0v) is 19.5. The van der Waals surface area contributed by atoms with Crippen LogP contribution in [0.15, 0.2) is 35.1 Å². The predicted octanol–water partition coefficient (Wildman–Crippen LogP) is 3.99. The van der Waals surface area contributed by atoms with E-state index in [9.17, 15) is 19.1 Å². The van der Waals surface area contributed by atoms with E-state index in [-0.39, 0.29) is 35.4 Å². The van der Waals surface area contributed by atoms with Crippen LogP contribution in [0.2, 0.25) is 5.02 Å². The number of phenolic OH excluding ortho intramolecular Hbond substituents is 1. The molecule has 12 heteroatoms. The highest BCUT2D eigenvalue weighted by molar-refractivity contribution is 6.34. The Bertz CT molecular complexity index is 1280. The minimum Gasteiger partial charge on any atom is -0.507 e. The number of hydrogen-bond acceptors (Lipinski definition) is 6. The number of carbonyl (C=O) groups is 1. The molecule has 186 valence electrons. The summed E-state index contributed by atoms with van der Waals surface area (Å²) in [7, 11) is 0. The molecule has 2 N–H and O–H groups in total. The molecule has 1 aliphatic rings. The van der Waals surface area contributed by atoms with Crippen molar-refractivity contribution in [2.75, 3.05) is 11.9 Å². The highest BCUT2D eigenvalue weighted by atomic mass is 35.5. The van der Waals surface area contributed by atoms with Gasteiger partial charge in [0.2, 0.25) is 0 Å². The van der Waals surface area contributed by atoms with Crippen molar-refractivity contribution < 1.29 is 28.2 Å². The van der Waals surface area contributed by atoms with Crippen molar-refractivity contribution in [2.24, 2.45) is 0 Å². The smallest absolute Gasteiger partial charge is 0.350 e. The van der Waals surface area contributed by atoms with E-state index >= 15 is 4.39 Å². The minimum atomic E-state index is -1.00. The van der Waals surface area contributed by atoms with E-state index in [1.807, 2.05) is 0 Å². The first-order valence-corrected chi connectivity index (χ1v) is 11.4. The average molecular weight is 509 g/mol. The molecule has 0 saturated carbocycles. The molecular weight excluding hydrogens is 486 g/mol. The van der Waals surface area contributed by atoms with Crippen LogP contribution < -0.4 is 11.0 Å². The molecule has 1 fully saturated rings. The van der Waals surface area contributed by atoms with Gasteiger partial charge in [-0.25, -0.2) is 13.6 Å². The number of hydrogen-bond donors (Lipinski definition) is 2. The van der Waals surface area contributed by atoms with Crippen LogP contribution in [0.25, 0.3) is 5.69 Å². The predicted molar refractivity (Wildman–Crippen MR) is 123 cm³/mol. The van der Waals surface area contributed by atoms with Gasteiger partial charge >= 0.3 is 5.69 Å². The molecule has 9 nitrogen and oxygen atoms in total. The van der Waals surface area contributed by atoms with E-state index < -0.39 is 40.8 Å². The van der Waals surface area contributed by atoms with E-state index in [0.717, 1.165) is 42.1 Å². The van der Waals surface area contributed by atoms with E-state index in [4.69, 9.17) is 21.1 Å². The third-order valence-electron chi connectivity index (χ3n) is 5.53. The van der Waals surface area contributed by atoms with Crippen LogP contribution >= 0.6 is 11.6 Å². The number of amides is 1. The lowest BCUT2D eigenvalue weighted by molar-refractivity contribution is -0.170. The van der Waals surface area contributed by atoms with Crippen LogP contribution in [0, 0.1) is 11.6 Å². The fourth-order valence-corrected chi connectivity index (χ4v) is 3.93. The summed E-state index contributed by atoms with van der Waals surface area (Å²) in [6, 6.07) is 5.44. The topological polar surface area (TPSA) is 108 Å². The van der Waals surface area contributed by atoms with Gasteiger partial charge in [0.25, 0.3) is 5.91 Å². The van der Waals surface area contributed by atoms with Crippen LogP contribution in [-0.2, 0) is 22.6 Å². The van der Waals surface area contributed by atoms with Crippen LogP contribution in [0.4, 0.5) is 14.5 Å². The second kappa shape index (κ2) is 10.5. The third kappa shape index (κ3) is 5.21. The highest BCUT2D eigenvalue weighted by Gasteiger charge is 2.23. The average Bonchev–Trinajstić information content (AvgIpc) is 3.16. The van der Waals surface area contributed by atoms with Crippen LogP contribution in [0.3, 0.4) is 0 Å². The zero-order valence-electron chi connectivity index (χ0n) is 18.8. The number of halogens is 3. The molecule has 1 atom stereocenters. The van der Waals surface area contributed by atoms with E-state index in [1.54, 1.807) is 6.92 Å². The molecule has 1 unspecified atom stereocenters. The lowest BCUT2D eigenvalue weighted by Gasteiger charge is -2.22. The Hall–Kier alpha value is -3.28. The molecule has 1 amide bonds. The van der Waals surface area contributed by atoms with Crippen LogP contribution in [-0.4, -0.2) is 38.3 Å². The molecule has 35 heavy (non-hydrogen) atoms. The Kier molecular flexibility index (Phi) is 7.48. The molecular formula is C23H23ClF2N4O5. The van der Waals surface area contributed by atoms with Crippen molar-refractivity contribution in [3.05, 3.63) is 68.9 Å². The van der Waals surface area contributed by atoms with E-state index in [1.165, 1.54) is 16.7 Å². The summed E-state index contributed by atoms with van der Waals surface area (Å²) in [6.07, 6.45) is 2.24. The maximum Gasteiger partial charge on any atom is 0.350 e. The molecule has 2 aromatic carbocycles. The van der Waals surface area contributed by atoms with Crippen molar-refractivity contribution in [1.82, 2.24) is 14.3 Å². The molecule has 0 spiro atoms. The van der Waals surface area contributed by atoms with Gasteiger partial charge in [0, 0.05) is 19.2 Å². The number of nitrogens with one attached hydrogen (secondary N) is 1. The lowest BCUT2D eigenvalue weighted by Crippen LogP contribution is -2.26. The molecule has 1 aromatic heterocycles. The fraction of sp³-hybridized carbons (Fsp3) is 0.348. The van der Waals surface area contributed by atoms with Gasteiger partial charge < -0.3 is 19.9 Å². The molecule has 1 saturated heterocycles. The van der Waals surface area contributed by atoms with Gasteiger partial charge in [-0.05, 0) is 44.4 Å². The van der Waals surface area contributed by atoms with Crippen LogP contribution in [0.1, 0.15) is 42.4 Å². The molecule has 2 heterocycles. The quantitative estimate of drug-likeness (QED) is 0.500. The first kappa shape index (κ1) is 24.8. The minimum absolute atomic E-state index is 0.0295. The largest absolute Gasteiger partial charge is 0.507 e. The van der Waals surface area contributed by atoms with Gasteiger partial charge in [-0.2, -0.15) is 4.68 Å². The van der Waals surface area contributed by atoms with Crippen molar-refractivity contribution in [3.63, 3.8) is 0 Å². The van der Waals surface area contributed by atoms with Crippen molar-refractivity contribution >= 4 is 23.2 Å². The summed E-state index contributed by atoms with van der Waals surface area (Å²) >= 11 is 5.90. The number of aromatic nitrogens is 3. The van der Waals surface area contributed by atoms with Crippen molar-refractivity contribution in [3.8, 4) is 11.4 Å². The Morgan fingerprint density at radius 1 is 1.31 bits per heavy atom. The number of nitrogens with zero attached hydrogens (tertiary/aromatic N) is 3. The molecule has 0 aliphatic carbocycles. The summed E-state index contributed by atoms with van der Waals surface area (Å²) in [5, 5.41) is 16.7. The van der Waals surface area contributed by atoms with Gasteiger partial charge in [0.15, 0.2) is 12.1 Å². The standard InChI is InChI=1S/C23H23ClF2N4O5/c1-2-29-19(12-35-20-8-3-4-9-34-20)28-30(23(29)33)17-11-18(31)13(10-16(17)26)22(32)27-21-14(24)6-5-7-15(21)25/h5-7,10-11,20,31H,2-4,8-9,12H2,1H3,(H,27,32). The Balaban J connectivity index is 1.61. The van der Waals surface area contributed by atoms with Gasteiger partial charge in [0.1, 0.15) is 29.7 Å². The van der Waals surface area contributed by atoms with Crippen molar-refractivity contribution in [2.45, 2.75) is 45.6 Å². The van der Waals surface area contributed by atoms with Gasteiger partial charge in [0.05, 0.1) is 16.3 Å². The second-order valence-corrected chi connectivity index (χ2v) is 8.24. The number of aromatic hydroxyl groups is 1. The zero-order chi connectivity index (χ0) is 25.1. The number of ether oxygens (including phenoxy) is 2. The Labute approximate surface area is 203 Å². The monoisotopic (exact) mass is 508 g/mol. The number of benzene rings is 2. The molecule has 3 aromatic rings. The molecule has 0 bridgehead atoms. The van der Waals surface area contributed by atoms with Gasteiger partial charge in [-0.1, -0.05) is 17.7 Å². The summed E-state index contributed by atoms with van der Waals surface area (Å²) in [6.45, 7) is 2.54. The fourth-order valence-electron chi connectivity index (χ4n) is 3.72. The first-order chi connectivity index (χ1) is 16.8. The maximum absolute atomic E-state index is 15.0. The highest BCUT2D eigenvalue weighted by Crippen LogP contribution is 2.28. The number of carbonyl (C=O) groups excluding carboxylic acids is 1. The van der Waals surface area contributed by atoms with E-state index in [0.29, 0.717) is 6.61 Å². The molecule has 1 aliphatic heterocycles.